The Kier molecular flexibility index (Phi) is 129. The van der Waals surface area contributed by atoms with Crippen molar-refractivity contribution < 1.29 is 9.90 Å². The van der Waals surface area contributed by atoms with Crippen LogP contribution in [0.4, 0.5) is 4.79 Å². The van der Waals surface area contributed by atoms with Crippen molar-refractivity contribution in [2.75, 3.05) is 0 Å². The van der Waals surface area contributed by atoms with E-state index in [4.69, 9.17) is 9.90 Å². The van der Waals surface area contributed by atoms with E-state index in [9.17, 15) is 0 Å². The summed E-state index contributed by atoms with van der Waals surface area (Å²) in [6.45, 7) is 0. The minimum Gasteiger partial charge on any atom is -0.465 e. The van der Waals surface area contributed by atoms with E-state index in [2.05, 4.69) is 5.73 Å². The maximum atomic E-state index is 8.78. The van der Waals surface area contributed by atoms with Crippen LogP contribution in [0.15, 0.2) is 0 Å². The van der Waals surface area contributed by atoms with Gasteiger partial charge in [0.05, 0.1) is 0 Å². The Bertz CT molecular complexity index is 37.0. The van der Waals surface area contributed by atoms with Gasteiger partial charge in [0.25, 0.3) is 0 Å². The lowest BCUT2D eigenvalue weighted by Crippen LogP contribution is -2.03. The highest BCUT2D eigenvalue weighted by atomic mass is 35.5. The fourth-order valence-corrected chi connectivity index (χ4v) is 0. The zero-order valence-electron chi connectivity index (χ0n) is 3.57. The number of carboxylic acid groups (broad SMARTS) is 1. The minimum atomic E-state index is -1.33. The van der Waals surface area contributed by atoms with Crippen molar-refractivity contribution in [2.45, 2.75) is 0 Å². The molecule has 0 atom stereocenters. The van der Waals surface area contributed by atoms with Gasteiger partial charge in [0.1, 0.15) is 0 Å². The van der Waals surface area contributed by atoms with Crippen molar-refractivity contribution in [3.8, 4) is 0 Å². The molecule has 0 aliphatic heterocycles. The Morgan fingerprint density at radius 2 is 1.12 bits per heavy atom. The summed E-state index contributed by atoms with van der Waals surface area (Å²) in [5.74, 6) is 0. The van der Waals surface area contributed by atoms with Crippen molar-refractivity contribution in [2.24, 2.45) is 5.73 Å². The van der Waals surface area contributed by atoms with Gasteiger partial charge in [-0.15, -0.1) is 49.6 Å². The van der Waals surface area contributed by atoms with Crippen molar-refractivity contribution >= 4 is 55.7 Å². The van der Waals surface area contributed by atoms with Crippen LogP contribution >= 0.6 is 49.6 Å². The van der Waals surface area contributed by atoms with Crippen LogP contribution in [0.25, 0.3) is 0 Å². The Morgan fingerprint density at radius 3 is 1.12 bits per heavy atom. The SMILES string of the molecule is Cl.Cl.Cl.Cl.NC(=O)O. The van der Waals surface area contributed by atoms with Gasteiger partial charge in [-0.1, -0.05) is 0 Å². The third kappa shape index (κ3) is 1030. The maximum absolute atomic E-state index is 8.78. The third-order valence-electron chi connectivity index (χ3n) is 0. The molecule has 0 spiro atoms. The van der Waals surface area contributed by atoms with Crippen LogP contribution in [-0.2, 0) is 0 Å². The van der Waals surface area contributed by atoms with Crippen molar-refractivity contribution in [3.05, 3.63) is 0 Å². The molecule has 0 aromatic carbocycles. The van der Waals surface area contributed by atoms with Gasteiger partial charge >= 0.3 is 6.09 Å². The second-order valence-electron chi connectivity index (χ2n) is 0.338. The minimum absolute atomic E-state index is 0. The third-order valence-corrected chi connectivity index (χ3v) is 0. The van der Waals surface area contributed by atoms with Crippen LogP contribution in [0.3, 0.4) is 0 Å². The molecule has 0 aliphatic rings. The Morgan fingerprint density at radius 1 is 1.12 bits per heavy atom. The topological polar surface area (TPSA) is 63.3 Å². The van der Waals surface area contributed by atoms with Gasteiger partial charge < -0.3 is 10.8 Å². The normalized spacial score (nSPS) is 3.00. The number of hydrogen-bond acceptors (Lipinski definition) is 1. The molecule has 0 heterocycles. The highest BCUT2D eigenvalue weighted by Gasteiger charge is 1.65. The average molecular weight is 207 g/mol. The predicted molar refractivity (Wildman–Crippen MR) is 41.2 cm³/mol. The standard InChI is InChI=1S/CH3NO2.4ClH/c2-1(3)4;;;;/h2H2,(H,3,4);4*1H. The molecule has 3 N–H and O–H groups in total. The number of halogens is 4. The molecule has 0 bridgehead atoms. The van der Waals surface area contributed by atoms with Crippen molar-refractivity contribution in [1.29, 1.82) is 0 Å². The number of rotatable bonds is 0. The van der Waals surface area contributed by atoms with E-state index >= 15 is 0 Å². The van der Waals surface area contributed by atoms with Crippen LogP contribution in [0.2, 0.25) is 0 Å². The van der Waals surface area contributed by atoms with Crippen LogP contribution in [0.5, 0.6) is 0 Å². The lowest BCUT2D eigenvalue weighted by Gasteiger charge is -1.61. The first-order valence-corrected chi connectivity index (χ1v) is 0.716. The molecule has 7 heteroatoms. The molecule has 0 rings (SSSR count). The number of hydrogen-bond donors (Lipinski definition) is 2. The van der Waals surface area contributed by atoms with Crippen molar-refractivity contribution in [3.63, 3.8) is 0 Å². The van der Waals surface area contributed by atoms with Crippen LogP contribution in [0, 0.1) is 0 Å². The smallest absolute Gasteiger partial charge is 0.402 e. The Labute approximate surface area is 71.6 Å². The average Bonchev–Trinajstić information content (AvgIpc) is 0.811. The number of carbonyl (C=O) groups is 1. The zero-order valence-corrected chi connectivity index (χ0v) is 6.83. The lowest BCUT2D eigenvalue weighted by molar-refractivity contribution is 0.205. The summed E-state index contributed by atoms with van der Waals surface area (Å²) in [7, 11) is 0. The van der Waals surface area contributed by atoms with E-state index in [0.717, 1.165) is 0 Å². The Hall–Kier alpha value is 0.430. The quantitative estimate of drug-likeness (QED) is 0.628. The van der Waals surface area contributed by atoms with Gasteiger partial charge in [0.15, 0.2) is 0 Å². The fraction of sp³-hybridized carbons (Fsp3) is 0. The largest absolute Gasteiger partial charge is 0.465 e. The molecule has 3 nitrogen and oxygen atoms in total. The van der Waals surface area contributed by atoms with Gasteiger partial charge in [-0.05, 0) is 0 Å². The summed E-state index contributed by atoms with van der Waals surface area (Å²) < 4.78 is 0. The lowest BCUT2D eigenvalue weighted by atomic mass is 11.3. The molecule has 1 amide bonds. The maximum Gasteiger partial charge on any atom is 0.402 e. The zero-order chi connectivity index (χ0) is 3.58. The second kappa shape index (κ2) is 26.1. The van der Waals surface area contributed by atoms with E-state index < -0.39 is 6.09 Å². The summed E-state index contributed by atoms with van der Waals surface area (Å²) in [4.78, 5) is 8.78. The number of nitrogens with two attached hydrogens (primary N) is 1. The van der Waals surface area contributed by atoms with Gasteiger partial charge in [0.2, 0.25) is 0 Å². The van der Waals surface area contributed by atoms with E-state index in [-0.39, 0.29) is 49.6 Å². The summed E-state index contributed by atoms with van der Waals surface area (Å²) in [6, 6.07) is 0. The number of primary amides is 1. The summed E-state index contributed by atoms with van der Waals surface area (Å²) in [5.41, 5.74) is 4.03. The summed E-state index contributed by atoms with van der Waals surface area (Å²) in [5, 5.41) is 7.19. The molecular formula is CH7Cl4NO2. The van der Waals surface area contributed by atoms with Crippen LogP contribution in [-0.4, -0.2) is 11.2 Å². The summed E-state index contributed by atoms with van der Waals surface area (Å²) in [6.07, 6.45) is -1.33. The van der Waals surface area contributed by atoms with E-state index in [1.54, 1.807) is 0 Å². The van der Waals surface area contributed by atoms with Gasteiger partial charge in [-0.2, -0.15) is 0 Å². The molecule has 0 saturated heterocycles. The Balaban J connectivity index is -0.00000000750. The monoisotopic (exact) mass is 205 g/mol. The molecule has 0 radical (unpaired) electrons. The molecule has 56 valence electrons. The molecule has 0 fully saturated rings. The molecule has 0 aliphatic carbocycles. The first-order valence-electron chi connectivity index (χ1n) is 0.716. The molecule has 8 heavy (non-hydrogen) atoms. The second-order valence-corrected chi connectivity index (χ2v) is 0.338. The van der Waals surface area contributed by atoms with E-state index in [1.165, 1.54) is 0 Å². The first-order chi connectivity index (χ1) is 1.73. The van der Waals surface area contributed by atoms with Crippen LogP contribution < -0.4 is 5.73 Å². The highest BCUT2D eigenvalue weighted by molar-refractivity contribution is 5.86. The number of amides is 1. The summed E-state index contributed by atoms with van der Waals surface area (Å²) >= 11 is 0. The molecule has 0 unspecified atom stereocenters. The highest BCUT2D eigenvalue weighted by Crippen LogP contribution is 1.34. The van der Waals surface area contributed by atoms with Gasteiger partial charge in [-0.3, -0.25) is 0 Å². The van der Waals surface area contributed by atoms with Gasteiger partial charge in [-0.25, -0.2) is 4.79 Å². The molecule has 0 aromatic rings. The van der Waals surface area contributed by atoms with Crippen LogP contribution in [0.1, 0.15) is 0 Å². The fourth-order valence-electron chi connectivity index (χ4n) is 0. The van der Waals surface area contributed by atoms with Crippen molar-refractivity contribution in [1.82, 2.24) is 0 Å². The van der Waals surface area contributed by atoms with E-state index in [1.807, 2.05) is 0 Å². The van der Waals surface area contributed by atoms with Gasteiger partial charge in [0, 0.05) is 0 Å². The predicted octanol–water partition coefficient (Wildman–Crippen LogP) is 1.31. The molecule has 0 saturated carbocycles. The van der Waals surface area contributed by atoms with E-state index in [0.29, 0.717) is 0 Å². The molecule has 0 aromatic heterocycles. The molecular weight excluding hydrogens is 200 g/mol. The first kappa shape index (κ1) is 39.6.